The van der Waals surface area contributed by atoms with Gasteiger partial charge >= 0.3 is 5.97 Å². The smallest absolute Gasteiger partial charge is 0.355 e. The Morgan fingerprint density at radius 1 is 1.33 bits per heavy atom. The Labute approximate surface area is 109 Å². The molecule has 94 valence electrons. The minimum absolute atomic E-state index is 0.170. The van der Waals surface area contributed by atoms with E-state index in [0.717, 1.165) is 0 Å². The molecule has 1 aromatic heterocycles. The molecule has 4 nitrogen and oxygen atoms in total. The van der Waals surface area contributed by atoms with Crippen molar-refractivity contribution in [2.45, 2.75) is 6.92 Å². The van der Waals surface area contributed by atoms with E-state index in [1.165, 1.54) is 0 Å². The fraction of sp³-hybridized carbons (Fsp3) is 0.231. The molecule has 0 aliphatic heterocycles. The van der Waals surface area contributed by atoms with Gasteiger partial charge in [0.05, 0.1) is 18.1 Å². The van der Waals surface area contributed by atoms with Crippen LogP contribution in [-0.4, -0.2) is 29.2 Å². The molecule has 0 saturated carbocycles. The molecule has 0 fully saturated rings. The topological polar surface area (TPSA) is 59.2 Å². The summed E-state index contributed by atoms with van der Waals surface area (Å²) in [5.41, 5.74) is 1.19. The van der Waals surface area contributed by atoms with Crippen molar-refractivity contribution in [1.82, 2.24) is 4.98 Å². The van der Waals surface area contributed by atoms with Gasteiger partial charge in [0.15, 0.2) is 5.78 Å². The number of rotatable bonds is 4. The number of fused-ring (bicyclic) bond motifs is 1. The Hall–Kier alpha value is -1.81. The Bertz CT molecular complexity index is 603. The highest BCUT2D eigenvalue weighted by atomic mass is 35.5. The molecule has 1 aromatic carbocycles. The van der Waals surface area contributed by atoms with Gasteiger partial charge < -0.3 is 9.72 Å². The number of aromatic nitrogens is 1. The van der Waals surface area contributed by atoms with Crippen LogP contribution in [-0.2, 0) is 4.74 Å². The van der Waals surface area contributed by atoms with Crippen LogP contribution in [0.25, 0.3) is 10.9 Å². The molecule has 2 rings (SSSR count). The van der Waals surface area contributed by atoms with E-state index in [9.17, 15) is 9.59 Å². The fourth-order valence-electron chi connectivity index (χ4n) is 1.85. The molecule has 0 saturated heterocycles. The lowest BCUT2D eigenvalue weighted by molar-refractivity contribution is 0.0517. The number of nitrogens with one attached hydrogen (secondary N) is 1. The highest BCUT2D eigenvalue weighted by molar-refractivity contribution is 6.33. The maximum Gasteiger partial charge on any atom is 0.355 e. The summed E-state index contributed by atoms with van der Waals surface area (Å²) >= 11 is 5.58. The molecule has 0 amide bonds. The number of ether oxygens (including phenoxy) is 1. The third kappa shape index (κ3) is 2.11. The van der Waals surface area contributed by atoms with E-state index >= 15 is 0 Å². The molecule has 0 aliphatic carbocycles. The van der Waals surface area contributed by atoms with Gasteiger partial charge in [0.25, 0.3) is 0 Å². The number of alkyl halides is 1. The summed E-state index contributed by atoms with van der Waals surface area (Å²) in [7, 11) is 0. The summed E-state index contributed by atoms with van der Waals surface area (Å²) in [4.78, 5) is 26.6. The second kappa shape index (κ2) is 5.23. The molecule has 18 heavy (non-hydrogen) atoms. The number of aromatic amines is 1. The van der Waals surface area contributed by atoms with Gasteiger partial charge in [-0.15, -0.1) is 11.6 Å². The number of halogens is 1. The second-order valence-corrected chi connectivity index (χ2v) is 3.97. The third-order valence-corrected chi connectivity index (χ3v) is 2.83. The first-order chi connectivity index (χ1) is 8.69. The largest absolute Gasteiger partial charge is 0.461 e. The summed E-state index contributed by atoms with van der Waals surface area (Å²) in [5.74, 6) is -1.01. The van der Waals surface area contributed by atoms with Gasteiger partial charge in [-0.3, -0.25) is 4.79 Å². The lowest BCUT2D eigenvalue weighted by atomic mass is 10.1. The molecular formula is C13H12ClNO3. The Morgan fingerprint density at radius 2 is 2.06 bits per heavy atom. The lowest BCUT2D eigenvalue weighted by Crippen LogP contribution is -2.11. The SMILES string of the molecule is CCOC(=O)c1[nH]c2ccccc2c1C(=O)CCl. The third-order valence-electron chi connectivity index (χ3n) is 2.59. The van der Waals surface area contributed by atoms with E-state index in [0.29, 0.717) is 16.5 Å². The van der Waals surface area contributed by atoms with E-state index in [1.807, 2.05) is 6.07 Å². The quantitative estimate of drug-likeness (QED) is 0.525. The van der Waals surface area contributed by atoms with Crippen molar-refractivity contribution in [3.63, 3.8) is 0 Å². The van der Waals surface area contributed by atoms with Gasteiger partial charge in [-0.1, -0.05) is 18.2 Å². The van der Waals surface area contributed by atoms with Crippen molar-refractivity contribution in [3.8, 4) is 0 Å². The summed E-state index contributed by atoms with van der Waals surface area (Å²) in [6, 6.07) is 7.19. The van der Waals surface area contributed by atoms with E-state index < -0.39 is 5.97 Å². The van der Waals surface area contributed by atoms with E-state index in [4.69, 9.17) is 16.3 Å². The number of hydrogen-bond acceptors (Lipinski definition) is 3. The number of para-hydroxylation sites is 1. The highest BCUT2D eigenvalue weighted by Gasteiger charge is 2.23. The molecule has 0 aliphatic rings. The molecule has 0 unspecified atom stereocenters. The molecule has 1 heterocycles. The van der Waals surface area contributed by atoms with Crippen LogP contribution < -0.4 is 0 Å². The zero-order valence-electron chi connectivity index (χ0n) is 9.83. The number of Topliss-reactive ketones (excluding diaryl/α,β-unsaturated/α-hetero) is 1. The average Bonchev–Trinajstić information content (AvgIpc) is 2.77. The maximum absolute atomic E-state index is 11.9. The van der Waals surface area contributed by atoms with Crippen molar-refractivity contribution < 1.29 is 14.3 Å². The van der Waals surface area contributed by atoms with Crippen molar-refractivity contribution in [3.05, 3.63) is 35.5 Å². The van der Waals surface area contributed by atoms with Crippen molar-refractivity contribution in [2.75, 3.05) is 12.5 Å². The van der Waals surface area contributed by atoms with E-state index in [-0.39, 0.29) is 24.0 Å². The van der Waals surface area contributed by atoms with Crippen LogP contribution in [0.5, 0.6) is 0 Å². The molecule has 1 N–H and O–H groups in total. The van der Waals surface area contributed by atoms with E-state index in [1.54, 1.807) is 25.1 Å². The van der Waals surface area contributed by atoms with Crippen LogP contribution >= 0.6 is 11.6 Å². The van der Waals surface area contributed by atoms with Crippen molar-refractivity contribution in [1.29, 1.82) is 0 Å². The zero-order chi connectivity index (χ0) is 13.1. The van der Waals surface area contributed by atoms with Crippen LogP contribution in [0, 0.1) is 0 Å². The standard InChI is InChI=1S/C13H12ClNO3/c1-2-18-13(17)12-11(10(16)7-14)8-5-3-4-6-9(8)15-12/h3-6,15H,2,7H2,1H3. The summed E-state index contributed by atoms with van der Waals surface area (Å²) in [6.07, 6.45) is 0. The second-order valence-electron chi connectivity index (χ2n) is 3.70. The number of carbonyl (C=O) groups is 2. The van der Waals surface area contributed by atoms with Gasteiger partial charge in [0, 0.05) is 10.9 Å². The lowest BCUT2D eigenvalue weighted by Gasteiger charge is -2.01. The number of carbonyl (C=O) groups excluding carboxylic acids is 2. The zero-order valence-corrected chi connectivity index (χ0v) is 10.6. The molecular weight excluding hydrogens is 254 g/mol. The predicted molar refractivity (Wildman–Crippen MR) is 69.3 cm³/mol. The number of H-pyrrole nitrogens is 1. The fourth-order valence-corrected chi connectivity index (χ4v) is 1.99. The monoisotopic (exact) mass is 265 g/mol. The van der Waals surface area contributed by atoms with Crippen molar-refractivity contribution in [2.24, 2.45) is 0 Å². The summed E-state index contributed by atoms with van der Waals surface area (Å²) in [6.45, 7) is 1.96. The number of benzene rings is 1. The van der Waals surface area contributed by atoms with Crippen LogP contribution in [0.3, 0.4) is 0 Å². The summed E-state index contributed by atoms with van der Waals surface area (Å²) < 4.78 is 4.93. The number of esters is 1. The van der Waals surface area contributed by atoms with Gasteiger partial charge in [-0.25, -0.2) is 4.79 Å². The molecule has 0 atom stereocenters. The maximum atomic E-state index is 11.9. The van der Waals surface area contributed by atoms with Crippen molar-refractivity contribution >= 4 is 34.3 Å². The molecule has 0 radical (unpaired) electrons. The first-order valence-electron chi connectivity index (χ1n) is 5.56. The van der Waals surface area contributed by atoms with Crippen LogP contribution in [0.15, 0.2) is 24.3 Å². The molecule has 0 bridgehead atoms. The van der Waals surface area contributed by atoms with E-state index in [2.05, 4.69) is 4.98 Å². The van der Waals surface area contributed by atoms with Gasteiger partial charge in [-0.05, 0) is 13.0 Å². The van der Waals surface area contributed by atoms with Gasteiger partial charge in [-0.2, -0.15) is 0 Å². The Balaban J connectivity index is 2.64. The summed E-state index contributed by atoms with van der Waals surface area (Å²) in [5, 5.41) is 0.686. The van der Waals surface area contributed by atoms with Crippen LogP contribution in [0.4, 0.5) is 0 Å². The number of hydrogen-bond donors (Lipinski definition) is 1. The van der Waals surface area contributed by atoms with Crippen LogP contribution in [0.1, 0.15) is 27.8 Å². The minimum Gasteiger partial charge on any atom is -0.461 e. The Kier molecular flexibility index (Phi) is 3.67. The predicted octanol–water partition coefficient (Wildman–Crippen LogP) is 2.77. The molecule has 5 heteroatoms. The average molecular weight is 266 g/mol. The minimum atomic E-state index is -0.540. The Morgan fingerprint density at radius 3 is 2.72 bits per heavy atom. The molecule has 0 spiro atoms. The van der Waals surface area contributed by atoms with Gasteiger partial charge in [0.1, 0.15) is 5.69 Å². The molecule has 2 aromatic rings. The van der Waals surface area contributed by atoms with Crippen LogP contribution in [0.2, 0.25) is 0 Å². The first-order valence-corrected chi connectivity index (χ1v) is 6.09. The first kappa shape index (κ1) is 12.6. The number of ketones is 1. The normalized spacial score (nSPS) is 10.6. The van der Waals surface area contributed by atoms with Gasteiger partial charge in [0.2, 0.25) is 0 Å². The highest BCUT2D eigenvalue weighted by Crippen LogP contribution is 2.23.